The van der Waals surface area contributed by atoms with Gasteiger partial charge in [0, 0.05) is 20.6 Å². The molecule has 0 aromatic carbocycles. The molecule has 3 heteroatoms. The van der Waals surface area contributed by atoms with Crippen LogP contribution in [0, 0.1) is 0 Å². The minimum absolute atomic E-state index is 0.116. The van der Waals surface area contributed by atoms with Crippen LogP contribution >= 0.6 is 0 Å². The molecule has 0 aliphatic carbocycles. The maximum Gasteiger partial charge on any atom is 0.183 e. The van der Waals surface area contributed by atoms with Crippen LogP contribution in [0.25, 0.3) is 0 Å². The van der Waals surface area contributed by atoms with Gasteiger partial charge >= 0.3 is 0 Å². The Morgan fingerprint density at radius 1 is 1.36 bits per heavy atom. The van der Waals surface area contributed by atoms with Gasteiger partial charge in [-0.2, -0.15) is 0 Å². The zero-order valence-electron chi connectivity index (χ0n) is 7.37. The molecule has 0 aromatic rings. The molecule has 3 atom stereocenters. The number of rotatable bonds is 3. The van der Waals surface area contributed by atoms with Crippen molar-refractivity contribution in [2.45, 2.75) is 38.3 Å². The number of hydrogen-bond acceptors (Lipinski definition) is 3. The number of ether oxygens (including phenoxy) is 3. The van der Waals surface area contributed by atoms with Crippen LogP contribution in [0.5, 0.6) is 0 Å². The second-order valence-electron chi connectivity index (χ2n) is 2.78. The van der Waals surface area contributed by atoms with Crippen molar-refractivity contribution in [2.24, 2.45) is 0 Å². The number of hydrogen-bond donors (Lipinski definition) is 0. The first kappa shape index (κ1) is 8.97. The van der Waals surface area contributed by atoms with Crippen LogP contribution < -0.4 is 0 Å². The van der Waals surface area contributed by atoms with Crippen LogP contribution in [0.15, 0.2) is 0 Å². The monoisotopic (exact) mass is 160 g/mol. The van der Waals surface area contributed by atoms with Crippen molar-refractivity contribution in [1.82, 2.24) is 0 Å². The molecule has 0 bridgehead atoms. The second kappa shape index (κ2) is 4.04. The van der Waals surface area contributed by atoms with Gasteiger partial charge in [-0.3, -0.25) is 0 Å². The van der Waals surface area contributed by atoms with E-state index in [9.17, 15) is 0 Å². The van der Waals surface area contributed by atoms with E-state index < -0.39 is 0 Å². The summed E-state index contributed by atoms with van der Waals surface area (Å²) >= 11 is 0. The Labute approximate surface area is 67.6 Å². The molecule has 0 radical (unpaired) electrons. The van der Waals surface area contributed by atoms with Crippen molar-refractivity contribution < 1.29 is 14.2 Å². The van der Waals surface area contributed by atoms with Gasteiger partial charge in [-0.15, -0.1) is 0 Å². The maximum absolute atomic E-state index is 5.52. The van der Waals surface area contributed by atoms with Crippen molar-refractivity contribution >= 4 is 0 Å². The Hall–Kier alpha value is -0.120. The highest BCUT2D eigenvalue weighted by atomic mass is 16.7. The molecule has 1 fully saturated rings. The molecule has 0 aromatic heterocycles. The minimum Gasteiger partial charge on any atom is -0.376 e. The van der Waals surface area contributed by atoms with E-state index in [1.54, 1.807) is 14.2 Å². The molecule has 3 unspecified atom stereocenters. The molecule has 1 saturated heterocycles. The smallest absolute Gasteiger partial charge is 0.183 e. The van der Waals surface area contributed by atoms with Gasteiger partial charge in [0.1, 0.15) is 6.10 Å². The van der Waals surface area contributed by atoms with Crippen LogP contribution in [0.3, 0.4) is 0 Å². The van der Waals surface area contributed by atoms with Crippen molar-refractivity contribution in [3.63, 3.8) is 0 Å². The van der Waals surface area contributed by atoms with Gasteiger partial charge in [-0.05, 0) is 6.42 Å². The third-order valence-electron chi connectivity index (χ3n) is 2.12. The molecule has 11 heavy (non-hydrogen) atoms. The zero-order valence-corrected chi connectivity index (χ0v) is 7.37. The maximum atomic E-state index is 5.52. The lowest BCUT2D eigenvalue weighted by atomic mass is 10.1. The Kier molecular flexibility index (Phi) is 3.30. The lowest BCUT2D eigenvalue weighted by Gasteiger charge is -2.14. The van der Waals surface area contributed by atoms with Crippen molar-refractivity contribution in [3.05, 3.63) is 0 Å². The molecule has 1 rings (SSSR count). The lowest BCUT2D eigenvalue weighted by Crippen LogP contribution is -2.24. The van der Waals surface area contributed by atoms with Gasteiger partial charge < -0.3 is 14.2 Å². The summed E-state index contributed by atoms with van der Waals surface area (Å²) in [5.41, 5.74) is 0. The molecule has 66 valence electrons. The van der Waals surface area contributed by atoms with E-state index in [4.69, 9.17) is 14.2 Å². The second-order valence-corrected chi connectivity index (χ2v) is 2.78. The molecule has 0 spiro atoms. The molecule has 1 aliphatic heterocycles. The quantitative estimate of drug-likeness (QED) is 0.620. The van der Waals surface area contributed by atoms with Gasteiger partial charge in [-0.1, -0.05) is 6.92 Å². The first-order chi connectivity index (χ1) is 5.31. The van der Waals surface area contributed by atoms with Crippen molar-refractivity contribution in [2.75, 3.05) is 14.2 Å². The number of methoxy groups -OCH3 is 2. The SMILES string of the molecule is CCC1CC(OC)C(OC)O1. The predicted molar refractivity (Wildman–Crippen MR) is 41.4 cm³/mol. The Morgan fingerprint density at radius 2 is 2.09 bits per heavy atom. The topological polar surface area (TPSA) is 27.7 Å². The highest BCUT2D eigenvalue weighted by Crippen LogP contribution is 2.24. The third kappa shape index (κ3) is 1.92. The molecule has 0 saturated carbocycles. The molecule has 1 heterocycles. The average Bonchev–Trinajstić information content (AvgIpc) is 2.46. The summed E-state index contributed by atoms with van der Waals surface area (Å²) in [5.74, 6) is 0. The van der Waals surface area contributed by atoms with Crippen molar-refractivity contribution in [1.29, 1.82) is 0 Å². The van der Waals surface area contributed by atoms with Crippen LogP contribution in [-0.2, 0) is 14.2 Å². The molecule has 0 amide bonds. The van der Waals surface area contributed by atoms with Crippen LogP contribution in [0.2, 0.25) is 0 Å². The van der Waals surface area contributed by atoms with E-state index in [-0.39, 0.29) is 12.4 Å². The molecule has 3 nitrogen and oxygen atoms in total. The van der Waals surface area contributed by atoms with E-state index in [0.29, 0.717) is 6.10 Å². The fourth-order valence-electron chi connectivity index (χ4n) is 1.38. The molecule has 0 N–H and O–H groups in total. The summed E-state index contributed by atoms with van der Waals surface area (Å²) in [6.07, 6.45) is 2.24. The fraction of sp³-hybridized carbons (Fsp3) is 1.00. The van der Waals surface area contributed by atoms with E-state index in [1.165, 1.54) is 0 Å². The van der Waals surface area contributed by atoms with Gasteiger partial charge in [0.2, 0.25) is 0 Å². The Morgan fingerprint density at radius 3 is 2.45 bits per heavy atom. The van der Waals surface area contributed by atoms with Gasteiger partial charge in [-0.25, -0.2) is 0 Å². The molecular weight excluding hydrogens is 144 g/mol. The van der Waals surface area contributed by atoms with Crippen LogP contribution in [0.1, 0.15) is 19.8 Å². The van der Waals surface area contributed by atoms with E-state index in [1.807, 2.05) is 0 Å². The highest BCUT2D eigenvalue weighted by molar-refractivity contribution is 4.76. The predicted octanol–water partition coefficient (Wildman–Crippen LogP) is 1.17. The summed E-state index contributed by atoms with van der Waals surface area (Å²) in [5, 5.41) is 0. The van der Waals surface area contributed by atoms with Crippen LogP contribution in [-0.4, -0.2) is 32.7 Å². The normalized spacial score (nSPS) is 37.9. The standard InChI is InChI=1S/C8H16O3/c1-4-6-5-7(9-2)8(10-3)11-6/h6-8H,4-5H2,1-3H3. The highest BCUT2D eigenvalue weighted by Gasteiger charge is 2.34. The van der Waals surface area contributed by atoms with Gasteiger partial charge in [0.05, 0.1) is 6.10 Å². The van der Waals surface area contributed by atoms with Crippen LogP contribution in [0.4, 0.5) is 0 Å². The first-order valence-corrected chi connectivity index (χ1v) is 4.02. The zero-order chi connectivity index (χ0) is 8.27. The minimum atomic E-state index is -0.162. The Balaban J connectivity index is 2.41. The summed E-state index contributed by atoms with van der Waals surface area (Å²) in [6, 6.07) is 0. The summed E-state index contributed by atoms with van der Waals surface area (Å²) < 4.78 is 15.8. The lowest BCUT2D eigenvalue weighted by molar-refractivity contribution is -0.154. The molecule has 1 aliphatic rings. The van der Waals surface area contributed by atoms with Crippen molar-refractivity contribution in [3.8, 4) is 0 Å². The third-order valence-corrected chi connectivity index (χ3v) is 2.12. The summed E-state index contributed by atoms with van der Waals surface area (Å²) in [6.45, 7) is 2.11. The van der Waals surface area contributed by atoms with E-state index in [2.05, 4.69) is 6.92 Å². The van der Waals surface area contributed by atoms with E-state index >= 15 is 0 Å². The average molecular weight is 160 g/mol. The fourth-order valence-corrected chi connectivity index (χ4v) is 1.38. The molecular formula is C8H16O3. The summed E-state index contributed by atoms with van der Waals surface area (Å²) in [4.78, 5) is 0. The summed E-state index contributed by atoms with van der Waals surface area (Å²) in [7, 11) is 3.34. The van der Waals surface area contributed by atoms with Gasteiger partial charge in [0.15, 0.2) is 6.29 Å². The first-order valence-electron chi connectivity index (χ1n) is 4.02. The van der Waals surface area contributed by atoms with Gasteiger partial charge in [0.25, 0.3) is 0 Å². The Bertz CT molecular complexity index is 104. The largest absolute Gasteiger partial charge is 0.376 e. The van der Waals surface area contributed by atoms with E-state index in [0.717, 1.165) is 12.8 Å².